The van der Waals surface area contributed by atoms with Crippen LogP contribution in [0.15, 0.2) is 72.8 Å². The van der Waals surface area contributed by atoms with Gasteiger partial charge >= 0.3 is 0 Å². The van der Waals surface area contributed by atoms with Crippen molar-refractivity contribution in [3.8, 4) is 35.2 Å². The minimum Gasteiger partial charge on any atom is -0.508 e. The van der Waals surface area contributed by atoms with Gasteiger partial charge in [-0.05, 0) is 130 Å². The number of ether oxygens (including phenoxy) is 1. The van der Waals surface area contributed by atoms with Gasteiger partial charge in [0.25, 0.3) is 0 Å². The highest BCUT2D eigenvalue weighted by atomic mass is 16.5. The van der Waals surface area contributed by atoms with Crippen molar-refractivity contribution in [2.24, 2.45) is 0 Å². The van der Waals surface area contributed by atoms with Crippen LogP contribution in [0.4, 0.5) is 0 Å². The molecule has 0 aromatic heterocycles. The number of benzene rings is 3. The first-order chi connectivity index (χ1) is 19.6. The van der Waals surface area contributed by atoms with Crippen LogP contribution in [0.1, 0.15) is 53.5 Å². The smallest absolute Gasteiger partial charge is 0.120 e. The molecule has 0 atom stereocenters. The summed E-state index contributed by atoms with van der Waals surface area (Å²) < 4.78 is 6.02. The zero-order valence-corrected chi connectivity index (χ0v) is 23.5. The summed E-state index contributed by atoms with van der Waals surface area (Å²) in [5.41, 5.74) is 6.18. The highest BCUT2D eigenvalue weighted by Gasteiger charge is 2.10. The predicted octanol–water partition coefficient (Wildman–Crippen LogP) is 6.11. The monoisotopic (exact) mass is 530 g/mol. The minimum absolute atomic E-state index is 0.274. The lowest BCUT2D eigenvalue weighted by molar-refractivity contribution is 0.361. The van der Waals surface area contributed by atoms with Gasteiger partial charge in [-0.2, -0.15) is 0 Å². The van der Waals surface area contributed by atoms with Crippen molar-refractivity contribution in [1.29, 1.82) is 0 Å². The molecule has 0 amide bonds. The molecule has 0 aliphatic carbocycles. The van der Waals surface area contributed by atoms with Gasteiger partial charge in [-0.1, -0.05) is 47.9 Å². The number of phenolic OH excluding ortho intramolecular Hbond substituents is 1. The van der Waals surface area contributed by atoms with Crippen LogP contribution in [-0.4, -0.2) is 60.8 Å². The largest absolute Gasteiger partial charge is 0.508 e. The van der Waals surface area contributed by atoms with Crippen LogP contribution in [-0.2, 0) is 0 Å². The summed E-state index contributed by atoms with van der Waals surface area (Å²) in [7, 11) is 0. The summed E-state index contributed by atoms with van der Waals surface area (Å²) in [6.45, 7) is 8.62. The second kappa shape index (κ2) is 13.9. The van der Waals surface area contributed by atoms with Crippen molar-refractivity contribution in [2.45, 2.75) is 32.6 Å². The Labute approximate surface area is 239 Å². The van der Waals surface area contributed by atoms with Gasteiger partial charge in [0.15, 0.2) is 0 Å². The number of likely N-dealkylation sites (tertiary alicyclic amines) is 2. The van der Waals surface area contributed by atoms with E-state index >= 15 is 0 Å². The molecule has 0 bridgehead atoms. The third-order valence-electron chi connectivity index (χ3n) is 7.57. The van der Waals surface area contributed by atoms with Crippen LogP contribution in [0, 0.1) is 30.6 Å². The van der Waals surface area contributed by atoms with Crippen LogP contribution in [0.25, 0.3) is 5.57 Å². The van der Waals surface area contributed by atoms with Crippen LogP contribution >= 0.6 is 0 Å². The zero-order valence-electron chi connectivity index (χ0n) is 23.5. The highest BCUT2D eigenvalue weighted by molar-refractivity contribution is 5.80. The van der Waals surface area contributed by atoms with E-state index in [1.54, 1.807) is 12.1 Å². The number of hydrogen-bond donors (Lipinski definition) is 1. The van der Waals surface area contributed by atoms with E-state index < -0.39 is 0 Å². The van der Waals surface area contributed by atoms with Gasteiger partial charge < -0.3 is 9.84 Å². The molecule has 2 fully saturated rings. The second-order valence-corrected chi connectivity index (χ2v) is 10.6. The second-order valence-electron chi connectivity index (χ2n) is 10.6. The fourth-order valence-corrected chi connectivity index (χ4v) is 5.20. The molecule has 40 heavy (non-hydrogen) atoms. The van der Waals surface area contributed by atoms with E-state index in [-0.39, 0.29) is 5.75 Å². The molecule has 4 nitrogen and oxygen atoms in total. The Bertz CT molecular complexity index is 1340. The summed E-state index contributed by atoms with van der Waals surface area (Å²) in [6, 6.07) is 22.3. The van der Waals surface area contributed by atoms with Crippen molar-refractivity contribution in [2.75, 3.05) is 45.9 Å². The number of hydrogen-bond acceptors (Lipinski definition) is 4. The SMILES string of the molecule is Cc1cc(OCC=C(c2ccc(C#CCN3CCCC3)cc2)c2ccc(C#CCN3CCCC3)cc2)ccc1O. The molecule has 204 valence electrons. The van der Waals surface area contributed by atoms with Crippen molar-refractivity contribution in [3.63, 3.8) is 0 Å². The highest BCUT2D eigenvalue weighted by Crippen LogP contribution is 2.26. The van der Waals surface area contributed by atoms with Crippen molar-refractivity contribution >= 4 is 5.57 Å². The molecular weight excluding hydrogens is 492 g/mol. The molecule has 2 saturated heterocycles. The molecule has 2 heterocycles. The van der Waals surface area contributed by atoms with Crippen LogP contribution in [0.5, 0.6) is 11.5 Å². The normalized spacial score (nSPS) is 15.1. The zero-order chi connectivity index (χ0) is 27.6. The number of aromatic hydroxyl groups is 1. The Kier molecular flexibility index (Phi) is 9.59. The Morgan fingerprint density at radius 1 is 0.750 bits per heavy atom. The Morgan fingerprint density at radius 2 is 1.25 bits per heavy atom. The van der Waals surface area contributed by atoms with Gasteiger partial charge in [-0.15, -0.1) is 0 Å². The molecule has 2 aliphatic rings. The molecule has 1 N–H and O–H groups in total. The Morgan fingerprint density at radius 3 is 1.73 bits per heavy atom. The average molecular weight is 531 g/mol. The lowest BCUT2D eigenvalue weighted by atomic mass is 9.96. The first-order valence-corrected chi connectivity index (χ1v) is 14.4. The van der Waals surface area contributed by atoms with Gasteiger partial charge in [0.1, 0.15) is 18.1 Å². The van der Waals surface area contributed by atoms with Gasteiger partial charge in [0.2, 0.25) is 0 Å². The first kappa shape index (κ1) is 27.6. The molecule has 3 aromatic carbocycles. The van der Waals surface area contributed by atoms with E-state index in [1.807, 2.05) is 13.0 Å². The third kappa shape index (κ3) is 7.80. The number of rotatable bonds is 7. The van der Waals surface area contributed by atoms with Gasteiger partial charge in [0.05, 0.1) is 13.1 Å². The molecule has 5 rings (SSSR count). The first-order valence-electron chi connectivity index (χ1n) is 14.4. The lowest BCUT2D eigenvalue weighted by Crippen LogP contribution is -2.18. The minimum atomic E-state index is 0.274. The molecule has 0 spiro atoms. The van der Waals surface area contributed by atoms with E-state index in [0.29, 0.717) is 6.61 Å². The van der Waals surface area contributed by atoms with E-state index in [1.165, 1.54) is 25.7 Å². The lowest BCUT2D eigenvalue weighted by Gasteiger charge is -2.11. The van der Waals surface area contributed by atoms with E-state index in [2.05, 4.69) is 88.1 Å². The summed E-state index contributed by atoms with van der Waals surface area (Å²) in [5, 5.41) is 9.83. The van der Waals surface area contributed by atoms with Gasteiger partial charge in [0, 0.05) is 11.1 Å². The van der Waals surface area contributed by atoms with Crippen LogP contribution in [0.2, 0.25) is 0 Å². The van der Waals surface area contributed by atoms with Crippen LogP contribution < -0.4 is 4.74 Å². The fourth-order valence-electron chi connectivity index (χ4n) is 5.20. The average Bonchev–Trinajstić information content (AvgIpc) is 3.69. The quantitative estimate of drug-likeness (QED) is 0.374. The number of phenols is 1. The molecule has 0 radical (unpaired) electrons. The van der Waals surface area contributed by atoms with E-state index in [9.17, 15) is 5.11 Å². The van der Waals surface area contributed by atoms with Gasteiger partial charge in [-0.3, -0.25) is 9.80 Å². The predicted molar refractivity (Wildman–Crippen MR) is 163 cm³/mol. The summed E-state index contributed by atoms with van der Waals surface area (Å²) in [5.74, 6) is 14.3. The van der Waals surface area contributed by atoms with Crippen molar-refractivity contribution in [3.05, 3.63) is 101 Å². The summed E-state index contributed by atoms with van der Waals surface area (Å²) >= 11 is 0. The summed E-state index contributed by atoms with van der Waals surface area (Å²) in [4.78, 5) is 4.83. The Hall–Kier alpha value is -3.96. The number of nitrogens with zero attached hydrogens (tertiary/aromatic N) is 2. The molecular formula is C36H38N2O2. The molecule has 0 saturated carbocycles. The van der Waals surface area contributed by atoms with Crippen LogP contribution in [0.3, 0.4) is 0 Å². The maximum atomic E-state index is 9.83. The molecule has 0 unspecified atom stereocenters. The molecule has 3 aromatic rings. The molecule has 2 aliphatic heterocycles. The van der Waals surface area contributed by atoms with Crippen molar-refractivity contribution < 1.29 is 9.84 Å². The standard InChI is InChI=1S/C36H38N2O2/c1-29-28-34(18-19-36(29)39)40-27-20-35(32-14-10-30(11-15-32)8-6-25-37-21-2-3-22-37)33-16-12-31(13-17-33)9-7-26-38-23-4-5-24-38/h10-20,28,39H,2-5,21-27H2,1H3. The van der Waals surface area contributed by atoms with E-state index in [4.69, 9.17) is 4.74 Å². The Balaban J connectivity index is 1.32. The van der Waals surface area contributed by atoms with E-state index in [0.717, 1.165) is 78.4 Å². The van der Waals surface area contributed by atoms with Gasteiger partial charge in [-0.25, -0.2) is 0 Å². The van der Waals surface area contributed by atoms with Crippen molar-refractivity contribution in [1.82, 2.24) is 9.80 Å². The molecule has 4 heteroatoms. The summed E-state index contributed by atoms with van der Waals surface area (Å²) in [6.07, 6.45) is 7.26. The fraction of sp³-hybridized carbons (Fsp3) is 0.333. The third-order valence-corrected chi connectivity index (χ3v) is 7.57. The topological polar surface area (TPSA) is 35.9 Å². The maximum absolute atomic E-state index is 9.83. The maximum Gasteiger partial charge on any atom is 0.120 e. The number of aryl methyl sites for hydroxylation is 1.